The van der Waals surface area contributed by atoms with E-state index in [0.29, 0.717) is 15.5 Å². The van der Waals surface area contributed by atoms with Crippen LogP contribution in [0, 0.1) is 0 Å². The smallest absolute Gasteiger partial charge is 0.206 e. The number of benzene rings is 1. The summed E-state index contributed by atoms with van der Waals surface area (Å²) in [4.78, 5) is 16.3. The van der Waals surface area contributed by atoms with Gasteiger partial charge in [0.05, 0.1) is 16.0 Å². The Balaban J connectivity index is 2.06. The van der Waals surface area contributed by atoms with Gasteiger partial charge in [0.1, 0.15) is 5.75 Å². The lowest BCUT2D eigenvalue weighted by Gasteiger charge is -2.09. The first-order chi connectivity index (χ1) is 10.1. The Morgan fingerprint density at radius 1 is 1.33 bits per heavy atom. The number of nitrogens with one attached hydrogen (secondary N) is 1. The number of hydrogen-bond acceptors (Lipinski definition) is 3. The third-order valence-corrected chi connectivity index (χ3v) is 4.43. The van der Waals surface area contributed by atoms with Crippen molar-refractivity contribution in [3.05, 3.63) is 51.3 Å². The number of carbonyl (C=O) groups is 1. The molecule has 21 heavy (non-hydrogen) atoms. The van der Waals surface area contributed by atoms with Gasteiger partial charge in [0, 0.05) is 22.7 Å². The maximum absolute atomic E-state index is 12.6. The summed E-state index contributed by atoms with van der Waals surface area (Å²) in [6.45, 7) is 3.94. The van der Waals surface area contributed by atoms with Gasteiger partial charge in [-0.2, -0.15) is 0 Å². The molecule has 0 aliphatic heterocycles. The molecule has 1 aromatic carbocycles. The second-order valence-electron chi connectivity index (χ2n) is 5.00. The SMILES string of the molecule is CC(C)Oc1ccc2[nH]cc(C(=O)c3sccc3Cl)c2c1. The Labute approximate surface area is 131 Å². The highest BCUT2D eigenvalue weighted by Crippen LogP contribution is 2.30. The minimum absolute atomic E-state index is 0.0667. The van der Waals surface area contributed by atoms with Crippen molar-refractivity contribution in [2.24, 2.45) is 0 Å². The van der Waals surface area contributed by atoms with Gasteiger partial charge in [-0.25, -0.2) is 0 Å². The summed E-state index contributed by atoms with van der Waals surface area (Å²) in [5.74, 6) is 0.686. The maximum atomic E-state index is 12.6. The molecule has 2 heterocycles. The maximum Gasteiger partial charge on any atom is 0.206 e. The average molecular weight is 320 g/mol. The molecular weight excluding hydrogens is 306 g/mol. The lowest BCUT2D eigenvalue weighted by Crippen LogP contribution is -2.05. The van der Waals surface area contributed by atoms with E-state index >= 15 is 0 Å². The van der Waals surface area contributed by atoms with Crippen molar-refractivity contribution in [2.75, 3.05) is 0 Å². The summed E-state index contributed by atoms with van der Waals surface area (Å²) in [5, 5.41) is 3.16. The van der Waals surface area contributed by atoms with E-state index in [-0.39, 0.29) is 11.9 Å². The van der Waals surface area contributed by atoms with Gasteiger partial charge in [-0.1, -0.05) is 11.6 Å². The molecule has 0 unspecified atom stereocenters. The molecule has 0 bridgehead atoms. The van der Waals surface area contributed by atoms with Crippen LogP contribution in [0.15, 0.2) is 35.8 Å². The van der Waals surface area contributed by atoms with Gasteiger partial charge >= 0.3 is 0 Å². The van der Waals surface area contributed by atoms with Gasteiger partial charge in [-0.15, -0.1) is 11.3 Å². The first kappa shape index (κ1) is 14.2. The van der Waals surface area contributed by atoms with E-state index < -0.39 is 0 Å². The number of thiophene rings is 1. The minimum atomic E-state index is -0.0667. The van der Waals surface area contributed by atoms with Crippen molar-refractivity contribution in [3.8, 4) is 5.75 Å². The van der Waals surface area contributed by atoms with Crippen LogP contribution < -0.4 is 4.74 Å². The van der Waals surface area contributed by atoms with E-state index in [1.165, 1.54) is 11.3 Å². The van der Waals surface area contributed by atoms with Gasteiger partial charge in [0.15, 0.2) is 0 Å². The summed E-state index contributed by atoms with van der Waals surface area (Å²) in [6.07, 6.45) is 1.81. The molecule has 0 fully saturated rings. The highest BCUT2D eigenvalue weighted by molar-refractivity contribution is 7.13. The number of ether oxygens (including phenoxy) is 1. The van der Waals surface area contributed by atoms with E-state index in [4.69, 9.17) is 16.3 Å². The zero-order chi connectivity index (χ0) is 15.0. The average Bonchev–Trinajstić information content (AvgIpc) is 3.03. The number of rotatable bonds is 4. The van der Waals surface area contributed by atoms with Crippen LogP contribution in [-0.4, -0.2) is 16.9 Å². The molecule has 0 saturated carbocycles. The van der Waals surface area contributed by atoms with Crippen molar-refractivity contribution in [1.82, 2.24) is 4.98 Å². The quantitative estimate of drug-likeness (QED) is 0.695. The number of halogens is 1. The second-order valence-corrected chi connectivity index (χ2v) is 6.33. The topological polar surface area (TPSA) is 42.1 Å². The largest absolute Gasteiger partial charge is 0.491 e. The molecule has 0 atom stereocenters. The fourth-order valence-corrected chi connectivity index (χ4v) is 3.31. The van der Waals surface area contributed by atoms with Crippen LogP contribution >= 0.6 is 22.9 Å². The molecule has 0 saturated heterocycles. The van der Waals surface area contributed by atoms with Gasteiger partial charge in [0.25, 0.3) is 0 Å². The lowest BCUT2D eigenvalue weighted by atomic mass is 10.1. The molecule has 0 aliphatic rings. The van der Waals surface area contributed by atoms with E-state index in [2.05, 4.69) is 4.98 Å². The van der Waals surface area contributed by atoms with Crippen molar-refractivity contribution in [1.29, 1.82) is 0 Å². The molecule has 108 valence electrons. The Kier molecular flexibility index (Phi) is 3.74. The molecule has 3 rings (SSSR count). The zero-order valence-electron chi connectivity index (χ0n) is 11.6. The number of hydrogen-bond donors (Lipinski definition) is 1. The van der Waals surface area contributed by atoms with E-state index in [0.717, 1.165) is 16.7 Å². The predicted octanol–water partition coefficient (Wildman–Crippen LogP) is 4.90. The van der Waals surface area contributed by atoms with Crippen molar-refractivity contribution in [2.45, 2.75) is 20.0 Å². The molecule has 5 heteroatoms. The number of aromatic amines is 1. The third-order valence-electron chi connectivity index (χ3n) is 3.09. The lowest BCUT2D eigenvalue weighted by molar-refractivity contribution is 0.104. The van der Waals surface area contributed by atoms with Gasteiger partial charge < -0.3 is 9.72 Å². The monoisotopic (exact) mass is 319 g/mol. The number of aromatic nitrogens is 1. The van der Waals surface area contributed by atoms with Crippen LogP contribution in [0.4, 0.5) is 0 Å². The Bertz CT molecular complexity index is 804. The van der Waals surface area contributed by atoms with Gasteiger partial charge in [0.2, 0.25) is 5.78 Å². The van der Waals surface area contributed by atoms with Crippen LogP contribution in [0.25, 0.3) is 10.9 Å². The first-order valence-electron chi connectivity index (χ1n) is 6.61. The summed E-state index contributed by atoms with van der Waals surface area (Å²) in [5.41, 5.74) is 1.52. The van der Waals surface area contributed by atoms with Gasteiger partial charge in [-0.3, -0.25) is 4.79 Å². The summed E-state index contributed by atoms with van der Waals surface area (Å²) in [6, 6.07) is 7.44. The molecule has 2 aromatic heterocycles. The van der Waals surface area contributed by atoms with Crippen LogP contribution in [0.2, 0.25) is 5.02 Å². The summed E-state index contributed by atoms with van der Waals surface area (Å²) >= 11 is 7.41. The Morgan fingerprint density at radius 3 is 2.81 bits per heavy atom. The van der Waals surface area contributed by atoms with Crippen LogP contribution in [-0.2, 0) is 0 Å². The molecular formula is C16H14ClNO2S. The fraction of sp³-hybridized carbons (Fsp3) is 0.188. The normalized spacial score (nSPS) is 11.2. The van der Waals surface area contributed by atoms with Crippen LogP contribution in [0.1, 0.15) is 29.1 Å². The molecule has 1 N–H and O–H groups in total. The number of ketones is 1. The van der Waals surface area contributed by atoms with E-state index in [1.807, 2.05) is 37.4 Å². The van der Waals surface area contributed by atoms with E-state index in [9.17, 15) is 4.79 Å². The zero-order valence-corrected chi connectivity index (χ0v) is 13.2. The summed E-state index contributed by atoms with van der Waals surface area (Å²) in [7, 11) is 0. The first-order valence-corrected chi connectivity index (χ1v) is 7.87. The molecule has 3 nitrogen and oxygen atoms in total. The number of fused-ring (bicyclic) bond motifs is 1. The van der Waals surface area contributed by atoms with E-state index in [1.54, 1.807) is 12.3 Å². The van der Waals surface area contributed by atoms with Crippen molar-refractivity contribution < 1.29 is 9.53 Å². The van der Waals surface area contributed by atoms with Crippen molar-refractivity contribution in [3.63, 3.8) is 0 Å². The Morgan fingerprint density at radius 2 is 2.14 bits per heavy atom. The third kappa shape index (κ3) is 2.69. The Hall–Kier alpha value is -1.78. The van der Waals surface area contributed by atoms with Crippen LogP contribution in [0.5, 0.6) is 5.75 Å². The number of carbonyl (C=O) groups excluding carboxylic acids is 1. The fourth-order valence-electron chi connectivity index (χ4n) is 2.21. The molecule has 0 amide bonds. The minimum Gasteiger partial charge on any atom is -0.491 e. The molecule has 0 aliphatic carbocycles. The predicted molar refractivity (Wildman–Crippen MR) is 86.8 cm³/mol. The standard InChI is InChI=1S/C16H14ClNO2S/c1-9(2)20-10-3-4-14-11(7-10)12(8-18-14)15(19)16-13(17)5-6-21-16/h3-9,18H,1-2H3. The van der Waals surface area contributed by atoms with Crippen molar-refractivity contribution >= 4 is 39.6 Å². The van der Waals surface area contributed by atoms with Crippen LogP contribution in [0.3, 0.4) is 0 Å². The molecule has 0 spiro atoms. The summed E-state index contributed by atoms with van der Waals surface area (Å²) < 4.78 is 5.69. The highest BCUT2D eigenvalue weighted by atomic mass is 35.5. The highest BCUT2D eigenvalue weighted by Gasteiger charge is 2.18. The number of H-pyrrole nitrogens is 1. The molecule has 3 aromatic rings. The molecule has 0 radical (unpaired) electrons. The second kappa shape index (κ2) is 5.54. The van der Waals surface area contributed by atoms with Gasteiger partial charge in [-0.05, 0) is 43.5 Å².